The van der Waals surface area contributed by atoms with Crippen molar-refractivity contribution in [2.75, 3.05) is 5.73 Å². The molecule has 1 aromatic carbocycles. The third kappa shape index (κ3) is 1.95. The van der Waals surface area contributed by atoms with Crippen molar-refractivity contribution in [3.63, 3.8) is 0 Å². The van der Waals surface area contributed by atoms with Gasteiger partial charge in [0.05, 0.1) is 17.3 Å². The standard InChI is InChI=1S/C15H14N4O/c16-8-9-19-12-2-1-3-13(20)14(12)15(18-19)10-4-6-11(17)7-5-10/h4-7H,1-3,9,17H2. The van der Waals surface area contributed by atoms with Crippen LogP contribution in [0.2, 0.25) is 0 Å². The highest BCUT2D eigenvalue weighted by molar-refractivity contribution is 6.03. The van der Waals surface area contributed by atoms with Gasteiger partial charge in [0.1, 0.15) is 12.2 Å². The van der Waals surface area contributed by atoms with Gasteiger partial charge in [-0.25, -0.2) is 0 Å². The SMILES string of the molecule is N#CCn1nc(-c2ccc(N)cc2)c2c1CCCC2=O. The molecule has 5 nitrogen and oxygen atoms in total. The molecule has 1 heterocycles. The molecule has 0 spiro atoms. The Labute approximate surface area is 116 Å². The van der Waals surface area contributed by atoms with Crippen LogP contribution in [0, 0.1) is 11.3 Å². The molecule has 2 N–H and O–H groups in total. The maximum absolute atomic E-state index is 12.2. The van der Waals surface area contributed by atoms with Crippen LogP contribution in [0.25, 0.3) is 11.3 Å². The van der Waals surface area contributed by atoms with E-state index in [0.29, 0.717) is 23.4 Å². The van der Waals surface area contributed by atoms with Crippen molar-refractivity contribution >= 4 is 11.5 Å². The Bertz CT molecular complexity index is 707. The van der Waals surface area contributed by atoms with E-state index in [1.807, 2.05) is 12.1 Å². The highest BCUT2D eigenvalue weighted by atomic mass is 16.1. The van der Waals surface area contributed by atoms with Crippen molar-refractivity contribution in [1.29, 1.82) is 5.26 Å². The second-order valence-corrected chi connectivity index (χ2v) is 4.88. The number of hydrogen-bond donors (Lipinski definition) is 1. The Balaban J connectivity index is 2.18. The Morgan fingerprint density at radius 2 is 2.05 bits per heavy atom. The molecule has 1 aromatic heterocycles. The molecular weight excluding hydrogens is 252 g/mol. The van der Waals surface area contributed by atoms with Crippen LogP contribution in [0.1, 0.15) is 28.9 Å². The van der Waals surface area contributed by atoms with Crippen molar-refractivity contribution in [3.05, 3.63) is 35.5 Å². The zero-order valence-electron chi connectivity index (χ0n) is 11.0. The Morgan fingerprint density at radius 3 is 2.75 bits per heavy atom. The number of nitrogen functional groups attached to an aromatic ring is 1. The lowest BCUT2D eigenvalue weighted by atomic mass is 9.92. The smallest absolute Gasteiger partial charge is 0.166 e. The van der Waals surface area contributed by atoms with Crippen LogP contribution in [0.3, 0.4) is 0 Å². The summed E-state index contributed by atoms with van der Waals surface area (Å²) >= 11 is 0. The van der Waals surface area contributed by atoms with Crippen LogP contribution >= 0.6 is 0 Å². The summed E-state index contributed by atoms with van der Waals surface area (Å²) in [5.74, 6) is 0.113. The van der Waals surface area contributed by atoms with E-state index in [4.69, 9.17) is 11.0 Å². The number of benzene rings is 1. The van der Waals surface area contributed by atoms with Gasteiger partial charge in [-0.15, -0.1) is 0 Å². The van der Waals surface area contributed by atoms with Crippen molar-refractivity contribution < 1.29 is 4.79 Å². The number of fused-ring (bicyclic) bond motifs is 1. The molecular formula is C15H14N4O. The van der Waals surface area contributed by atoms with Gasteiger partial charge in [-0.2, -0.15) is 10.4 Å². The third-order valence-corrected chi connectivity index (χ3v) is 3.56. The molecule has 0 fully saturated rings. The average Bonchev–Trinajstić information content (AvgIpc) is 2.81. The first-order valence-electron chi connectivity index (χ1n) is 6.56. The quantitative estimate of drug-likeness (QED) is 0.844. The minimum Gasteiger partial charge on any atom is -0.399 e. The minimum absolute atomic E-state index is 0.113. The van der Waals surface area contributed by atoms with Crippen LogP contribution in [-0.4, -0.2) is 15.6 Å². The van der Waals surface area contributed by atoms with Gasteiger partial charge in [-0.1, -0.05) is 12.1 Å². The van der Waals surface area contributed by atoms with Gasteiger partial charge >= 0.3 is 0 Å². The number of rotatable bonds is 2. The molecule has 5 heteroatoms. The molecule has 0 radical (unpaired) electrons. The van der Waals surface area contributed by atoms with Gasteiger partial charge in [0.15, 0.2) is 5.78 Å². The minimum atomic E-state index is 0.113. The summed E-state index contributed by atoms with van der Waals surface area (Å²) in [6.07, 6.45) is 2.17. The fraction of sp³-hybridized carbons (Fsp3) is 0.267. The van der Waals surface area contributed by atoms with Gasteiger partial charge in [0.25, 0.3) is 0 Å². The van der Waals surface area contributed by atoms with Gasteiger partial charge in [-0.3, -0.25) is 9.48 Å². The van der Waals surface area contributed by atoms with Crippen molar-refractivity contribution in [1.82, 2.24) is 9.78 Å². The topological polar surface area (TPSA) is 84.7 Å². The van der Waals surface area contributed by atoms with E-state index in [2.05, 4.69) is 11.2 Å². The summed E-state index contributed by atoms with van der Waals surface area (Å²) < 4.78 is 1.65. The monoisotopic (exact) mass is 266 g/mol. The molecule has 2 aromatic rings. The lowest BCUT2D eigenvalue weighted by Crippen LogP contribution is -2.13. The summed E-state index contributed by atoms with van der Waals surface area (Å²) in [4.78, 5) is 12.2. The third-order valence-electron chi connectivity index (χ3n) is 3.56. The Kier molecular flexibility index (Phi) is 2.99. The van der Waals surface area contributed by atoms with E-state index in [1.54, 1.807) is 16.8 Å². The predicted molar refractivity (Wildman–Crippen MR) is 75.0 cm³/mol. The average molecular weight is 266 g/mol. The van der Waals surface area contributed by atoms with Crippen LogP contribution in [0.15, 0.2) is 24.3 Å². The van der Waals surface area contributed by atoms with E-state index >= 15 is 0 Å². The number of Topliss-reactive ketones (excluding diaryl/α,β-unsaturated/α-hetero) is 1. The van der Waals surface area contributed by atoms with Gasteiger partial charge < -0.3 is 5.73 Å². The van der Waals surface area contributed by atoms with Crippen LogP contribution < -0.4 is 5.73 Å². The molecule has 20 heavy (non-hydrogen) atoms. The zero-order chi connectivity index (χ0) is 14.1. The van der Waals surface area contributed by atoms with E-state index in [0.717, 1.165) is 24.1 Å². The second kappa shape index (κ2) is 4.82. The lowest BCUT2D eigenvalue weighted by Gasteiger charge is -2.12. The number of carbonyl (C=O) groups is 1. The largest absolute Gasteiger partial charge is 0.399 e. The normalized spacial score (nSPS) is 13.8. The second-order valence-electron chi connectivity index (χ2n) is 4.88. The Morgan fingerprint density at radius 1 is 1.30 bits per heavy atom. The number of hydrogen-bond acceptors (Lipinski definition) is 4. The molecule has 100 valence electrons. The predicted octanol–water partition coefficient (Wildman–Crippen LogP) is 2.17. The fourth-order valence-corrected chi connectivity index (χ4v) is 2.63. The molecule has 0 atom stereocenters. The number of nitriles is 1. The zero-order valence-corrected chi connectivity index (χ0v) is 11.0. The van der Waals surface area contributed by atoms with Crippen LogP contribution in [-0.2, 0) is 13.0 Å². The highest BCUT2D eigenvalue weighted by Crippen LogP contribution is 2.31. The summed E-state index contributed by atoms with van der Waals surface area (Å²) in [5, 5.41) is 13.4. The van der Waals surface area contributed by atoms with Crippen LogP contribution in [0.4, 0.5) is 5.69 Å². The number of nitrogens with zero attached hydrogens (tertiary/aromatic N) is 3. The molecule has 0 saturated carbocycles. The van der Waals surface area contributed by atoms with E-state index < -0.39 is 0 Å². The lowest BCUT2D eigenvalue weighted by molar-refractivity contribution is 0.0972. The summed E-state index contributed by atoms with van der Waals surface area (Å²) in [5.41, 5.74) is 9.45. The van der Waals surface area contributed by atoms with E-state index in [-0.39, 0.29) is 12.3 Å². The van der Waals surface area contributed by atoms with E-state index in [9.17, 15) is 4.79 Å². The molecule has 0 saturated heterocycles. The highest BCUT2D eigenvalue weighted by Gasteiger charge is 2.27. The number of aromatic nitrogens is 2. The van der Waals surface area contributed by atoms with E-state index in [1.165, 1.54) is 0 Å². The fourth-order valence-electron chi connectivity index (χ4n) is 2.63. The number of carbonyl (C=O) groups excluding carboxylic acids is 1. The maximum Gasteiger partial charge on any atom is 0.166 e. The Hall–Kier alpha value is -2.61. The number of ketones is 1. The van der Waals surface area contributed by atoms with Crippen molar-refractivity contribution in [2.24, 2.45) is 0 Å². The molecule has 1 aliphatic carbocycles. The first-order valence-corrected chi connectivity index (χ1v) is 6.56. The van der Waals surface area contributed by atoms with Gasteiger partial charge in [0, 0.05) is 17.7 Å². The summed E-state index contributed by atoms with van der Waals surface area (Å²) in [6.45, 7) is 0.171. The first-order chi connectivity index (χ1) is 9.70. The molecule has 3 rings (SSSR count). The number of anilines is 1. The number of nitrogens with two attached hydrogens (primary N) is 1. The molecule has 0 unspecified atom stereocenters. The summed E-state index contributed by atoms with van der Waals surface area (Å²) in [7, 11) is 0. The summed E-state index contributed by atoms with van der Waals surface area (Å²) in [6, 6.07) is 9.39. The van der Waals surface area contributed by atoms with Crippen molar-refractivity contribution in [2.45, 2.75) is 25.8 Å². The van der Waals surface area contributed by atoms with Crippen LogP contribution in [0.5, 0.6) is 0 Å². The molecule has 1 aliphatic rings. The molecule has 0 amide bonds. The molecule has 0 aliphatic heterocycles. The van der Waals surface area contributed by atoms with Gasteiger partial charge in [0.2, 0.25) is 0 Å². The van der Waals surface area contributed by atoms with Gasteiger partial charge in [-0.05, 0) is 25.0 Å². The first kappa shape index (κ1) is 12.4. The van der Waals surface area contributed by atoms with Crippen molar-refractivity contribution in [3.8, 4) is 17.3 Å². The maximum atomic E-state index is 12.2. The molecule has 0 bridgehead atoms.